The summed E-state index contributed by atoms with van der Waals surface area (Å²) in [6.07, 6.45) is 1.03. The first-order valence-electron chi connectivity index (χ1n) is 18.6. The van der Waals surface area contributed by atoms with Gasteiger partial charge in [-0.05, 0) is 108 Å². The van der Waals surface area contributed by atoms with Gasteiger partial charge in [0.25, 0.3) is 36.2 Å². The standard InChI is InChI=1S/C43H34ClN3O10S3/c1-45(43(48)26-6-8-29(44)9-7-26)58(49,50)41-5-3-2-4-36(41)42-34-14-10-30(46-20-18-27-22-32(59(51,52)53)12-16-37(27)46)24-39(34)57-40-25-31(11-15-35(40)42)47-21-19-28-23-33(60(54,55)56)13-17-38(28)47/h2-17,22-25,42H,18-21H2,1H3,(H,51,52,53)(H,54,55,56). The predicted octanol–water partition coefficient (Wildman–Crippen LogP) is 7.97. The van der Waals surface area contributed by atoms with Gasteiger partial charge in [0.15, 0.2) is 0 Å². The average molecular weight is 884 g/mol. The van der Waals surface area contributed by atoms with Crippen LogP contribution in [0.2, 0.25) is 5.02 Å². The van der Waals surface area contributed by atoms with Crippen molar-refractivity contribution < 1.29 is 43.9 Å². The molecule has 0 unspecified atom stereocenters. The lowest BCUT2D eigenvalue weighted by molar-refractivity contribution is 0.0883. The second-order valence-corrected chi connectivity index (χ2v) is 19.9. The van der Waals surface area contributed by atoms with Crippen molar-refractivity contribution >= 4 is 70.5 Å². The Kier molecular flexibility index (Phi) is 9.57. The third-order valence-corrected chi connectivity index (χ3v) is 15.0. The quantitative estimate of drug-likeness (QED) is 0.141. The van der Waals surface area contributed by atoms with Crippen LogP contribution in [0.25, 0.3) is 0 Å². The molecule has 0 saturated carbocycles. The van der Waals surface area contributed by atoms with Crippen molar-refractivity contribution in [1.29, 1.82) is 0 Å². The van der Waals surface area contributed by atoms with Crippen LogP contribution >= 0.6 is 11.6 Å². The Morgan fingerprint density at radius 1 is 0.650 bits per heavy atom. The van der Waals surface area contributed by atoms with Gasteiger partial charge in [-0.15, -0.1) is 0 Å². The summed E-state index contributed by atoms with van der Waals surface area (Å²) in [5, 5.41) is 0.394. The Hall–Kier alpha value is -5.75. The maximum Gasteiger partial charge on any atom is 0.294 e. The fraction of sp³-hybridized carbons (Fsp3) is 0.140. The first-order valence-corrected chi connectivity index (χ1v) is 23.3. The molecule has 0 aromatic heterocycles. The maximum atomic E-state index is 14.5. The summed E-state index contributed by atoms with van der Waals surface area (Å²) < 4.78 is 103. The number of carbonyl (C=O) groups excluding carboxylic acids is 1. The smallest absolute Gasteiger partial charge is 0.294 e. The summed E-state index contributed by atoms with van der Waals surface area (Å²) in [7, 11) is -12.0. The molecule has 60 heavy (non-hydrogen) atoms. The van der Waals surface area contributed by atoms with E-state index in [0.717, 1.165) is 38.2 Å². The van der Waals surface area contributed by atoms with Gasteiger partial charge in [0.1, 0.15) is 11.5 Å². The highest BCUT2D eigenvalue weighted by Crippen LogP contribution is 2.52. The summed E-state index contributed by atoms with van der Waals surface area (Å²) in [5.41, 5.74) is 6.28. The van der Waals surface area contributed by atoms with E-state index >= 15 is 0 Å². The molecule has 0 spiro atoms. The molecule has 0 fully saturated rings. The van der Waals surface area contributed by atoms with Crippen LogP contribution in [0.1, 0.15) is 44.1 Å². The predicted molar refractivity (Wildman–Crippen MR) is 225 cm³/mol. The number of halogens is 1. The van der Waals surface area contributed by atoms with Crippen molar-refractivity contribution in [2.75, 3.05) is 29.9 Å². The molecule has 0 saturated heterocycles. The summed E-state index contributed by atoms with van der Waals surface area (Å²) in [6, 6.07) is 32.6. The van der Waals surface area contributed by atoms with Gasteiger partial charge in [-0.1, -0.05) is 41.9 Å². The normalized spacial score (nSPS) is 14.9. The molecular weight excluding hydrogens is 850 g/mol. The Morgan fingerprint density at radius 2 is 1.15 bits per heavy atom. The summed E-state index contributed by atoms with van der Waals surface area (Å²) in [4.78, 5) is 17.1. The van der Waals surface area contributed by atoms with E-state index in [2.05, 4.69) is 0 Å². The number of nitrogens with zero attached hydrogens (tertiary/aromatic N) is 3. The fourth-order valence-corrected chi connectivity index (χ4v) is 10.8. The topological polar surface area (TPSA) is 179 Å². The van der Waals surface area contributed by atoms with Gasteiger partial charge in [0.2, 0.25) is 0 Å². The van der Waals surface area contributed by atoms with Crippen LogP contribution in [0.15, 0.2) is 136 Å². The molecule has 2 N–H and O–H groups in total. The second-order valence-electron chi connectivity index (χ2n) is 14.6. The van der Waals surface area contributed by atoms with Crippen molar-refractivity contribution in [3.8, 4) is 11.5 Å². The lowest BCUT2D eigenvalue weighted by atomic mass is 9.82. The number of anilines is 4. The number of carbonyl (C=O) groups is 1. The van der Waals surface area contributed by atoms with E-state index in [-0.39, 0.29) is 20.2 Å². The molecule has 17 heteroatoms. The van der Waals surface area contributed by atoms with Crippen LogP contribution in [0, 0.1) is 0 Å². The highest BCUT2D eigenvalue weighted by Gasteiger charge is 2.37. The lowest BCUT2D eigenvalue weighted by Gasteiger charge is -2.32. The zero-order valence-corrected chi connectivity index (χ0v) is 34.8. The molecule has 3 heterocycles. The molecule has 6 aromatic carbocycles. The molecule has 0 radical (unpaired) electrons. The molecule has 6 aromatic rings. The van der Waals surface area contributed by atoms with Gasteiger partial charge >= 0.3 is 0 Å². The molecule has 3 aliphatic rings. The summed E-state index contributed by atoms with van der Waals surface area (Å²) in [6.45, 7) is 1.02. The van der Waals surface area contributed by atoms with Crippen LogP contribution in [-0.4, -0.2) is 64.7 Å². The number of amides is 1. The van der Waals surface area contributed by atoms with Crippen molar-refractivity contribution in [2.24, 2.45) is 0 Å². The number of ether oxygens (including phenoxy) is 1. The van der Waals surface area contributed by atoms with Crippen LogP contribution in [0.4, 0.5) is 22.7 Å². The Balaban J connectivity index is 1.16. The lowest BCUT2D eigenvalue weighted by Crippen LogP contribution is -2.34. The number of sulfonamides is 1. The molecular formula is C43H34ClN3O10S3. The monoisotopic (exact) mass is 883 g/mol. The van der Waals surface area contributed by atoms with E-state index in [4.69, 9.17) is 16.3 Å². The van der Waals surface area contributed by atoms with Crippen molar-refractivity contribution in [3.63, 3.8) is 0 Å². The molecule has 0 atom stereocenters. The summed E-state index contributed by atoms with van der Waals surface area (Å²) >= 11 is 6.03. The number of benzene rings is 6. The van der Waals surface area contributed by atoms with E-state index in [0.29, 0.717) is 59.1 Å². The van der Waals surface area contributed by atoms with Crippen molar-refractivity contribution in [1.82, 2.24) is 4.31 Å². The van der Waals surface area contributed by atoms with E-state index < -0.39 is 42.1 Å². The van der Waals surface area contributed by atoms with Crippen LogP contribution in [0.5, 0.6) is 11.5 Å². The summed E-state index contributed by atoms with van der Waals surface area (Å²) in [5.74, 6) is -0.582. The zero-order valence-electron chi connectivity index (χ0n) is 31.6. The van der Waals surface area contributed by atoms with Gasteiger partial charge in [0, 0.05) is 82.7 Å². The van der Waals surface area contributed by atoms with Crippen molar-refractivity contribution in [3.05, 3.63) is 160 Å². The van der Waals surface area contributed by atoms with Crippen LogP contribution in [0.3, 0.4) is 0 Å². The highest BCUT2D eigenvalue weighted by molar-refractivity contribution is 7.89. The molecule has 0 aliphatic carbocycles. The Bertz CT molecular complexity index is 2980. The minimum atomic E-state index is -4.45. The fourth-order valence-electron chi connectivity index (χ4n) is 8.26. The third kappa shape index (κ3) is 6.88. The second kappa shape index (κ2) is 14.5. The Morgan fingerprint density at radius 3 is 1.65 bits per heavy atom. The van der Waals surface area contributed by atoms with Gasteiger partial charge in [-0.25, -0.2) is 12.7 Å². The number of rotatable bonds is 8. The molecule has 306 valence electrons. The van der Waals surface area contributed by atoms with Gasteiger partial charge in [-0.2, -0.15) is 16.8 Å². The highest BCUT2D eigenvalue weighted by atomic mass is 35.5. The number of fused-ring (bicyclic) bond motifs is 4. The molecule has 1 amide bonds. The SMILES string of the molecule is CN(C(=O)c1ccc(Cl)cc1)S(=O)(=O)c1ccccc1C1c2ccc(N3CCc4cc(S(=O)(=O)O)ccc43)cc2Oc2cc(N3CCc4cc(S(=O)(=O)O)ccc43)ccc21. The molecule has 13 nitrogen and oxygen atoms in total. The minimum Gasteiger partial charge on any atom is -0.457 e. The van der Waals surface area contributed by atoms with E-state index in [9.17, 15) is 39.2 Å². The average Bonchev–Trinajstić information content (AvgIpc) is 3.86. The third-order valence-electron chi connectivity index (χ3n) is 11.2. The number of hydrogen-bond donors (Lipinski definition) is 2. The molecule has 9 rings (SSSR count). The van der Waals surface area contributed by atoms with Gasteiger partial charge in [0.05, 0.1) is 14.7 Å². The van der Waals surface area contributed by atoms with Crippen LogP contribution < -0.4 is 14.5 Å². The molecule has 0 bridgehead atoms. The first kappa shape index (κ1) is 39.7. The first-order chi connectivity index (χ1) is 28.5. The largest absolute Gasteiger partial charge is 0.457 e. The van der Waals surface area contributed by atoms with E-state index in [1.807, 2.05) is 46.2 Å². The van der Waals surface area contributed by atoms with Crippen molar-refractivity contribution in [2.45, 2.75) is 33.4 Å². The van der Waals surface area contributed by atoms with E-state index in [1.165, 1.54) is 61.6 Å². The van der Waals surface area contributed by atoms with Crippen LogP contribution in [-0.2, 0) is 43.1 Å². The van der Waals surface area contributed by atoms with Gasteiger partial charge in [-0.3, -0.25) is 13.9 Å². The zero-order chi connectivity index (χ0) is 42.3. The molecule has 3 aliphatic heterocycles. The number of hydrogen-bond acceptors (Lipinski definition) is 10. The van der Waals surface area contributed by atoms with E-state index in [1.54, 1.807) is 30.3 Å². The van der Waals surface area contributed by atoms with Gasteiger partial charge < -0.3 is 14.5 Å². The maximum absolute atomic E-state index is 14.5. The Labute approximate surface area is 351 Å². The minimum absolute atomic E-state index is 0.0852.